The van der Waals surface area contributed by atoms with Crippen LogP contribution in [-0.2, 0) is 4.79 Å². The number of hydrogen-bond acceptors (Lipinski definition) is 5. The van der Waals surface area contributed by atoms with Crippen LogP contribution in [-0.4, -0.2) is 66.9 Å². The van der Waals surface area contributed by atoms with E-state index in [0.717, 1.165) is 0 Å². The predicted octanol–water partition coefficient (Wildman–Crippen LogP) is -2.27. The molecule has 0 aliphatic rings. The van der Waals surface area contributed by atoms with E-state index in [-0.39, 0.29) is 32.8 Å². The summed E-state index contributed by atoms with van der Waals surface area (Å²) < 4.78 is 0. The van der Waals surface area contributed by atoms with Crippen molar-refractivity contribution < 1.29 is 19.8 Å². The van der Waals surface area contributed by atoms with Crippen LogP contribution in [0, 0.1) is 0 Å². The number of urea groups is 1. The van der Waals surface area contributed by atoms with Crippen LogP contribution in [0.5, 0.6) is 0 Å². The van der Waals surface area contributed by atoms with Gasteiger partial charge in [-0.25, -0.2) is 4.79 Å². The lowest BCUT2D eigenvalue weighted by atomic mass is 10.4. The molecule has 0 aliphatic heterocycles. The van der Waals surface area contributed by atoms with Crippen molar-refractivity contribution in [3.05, 3.63) is 0 Å². The monoisotopic (exact) mass is 219 g/mol. The fourth-order valence-electron chi connectivity index (χ4n) is 0.985. The number of nitrogens with zero attached hydrogens (tertiary/aromatic N) is 1. The van der Waals surface area contributed by atoms with E-state index in [1.807, 2.05) is 0 Å². The smallest absolute Gasteiger partial charge is 0.321 e. The standard InChI is InChI=1S/C8H17N3O4/c1-9-8(15)10-7(14)6-11(2-4-12)3-5-13/h12-13H,2-6H2,1H3,(H2,9,10,14,15). The quantitative estimate of drug-likeness (QED) is 0.403. The molecule has 0 saturated heterocycles. The Kier molecular flexibility index (Phi) is 7.51. The molecule has 0 heterocycles. The molecule has 3 amide bonds. The molecular formula is C8H17N3O4. The molecule has 15 heavy (non-hydrogen) atoms. The highest BCUT2D eigenvalue weighted by atomic mass is 16.3. The van der Waals surface area contributed by atoms with Crippen molar-refractivity contribution in [1.29, 1.82) is 0 Å². The van der Waals surface area contributed by atoms with Crippen molar-refractivity contribution in [1.82, 2.24) is 15.5 Å². The molecule has 0 atom stereocenters. The van der Waals surface area contributed by atoms with E-state index >= 15 is 0 Å². The van der Waals surface area contributed by atoms with Gasteiger partial charge >= 0.3 is 6.03 Å². The predicted molar refractivity (Wildman–Crippen MR) is 53.2 cm³/mol. The van der Waals surface area contributed by atoms with Gasteiger partial charge in [0.05, 0.1) is 19.8 Å². The maximum atomic E-state index is 11.2. The van der Waals surface area contributed by atoms with Crippen LogP contribution in [0.2, 0.25) is 0 Å². The van der Waals surface area contributed by atoms with Crippen LogP contribution in [0.25, 0.3) is 0 Å². The summed E-state index contributed by atoms with van der Waals surface area (Å²) in [5.74, 6) is -0.476. The molecule has 0 spiro atoms. The number of rotatable bonds is 6. The molecule has 0 rings (SSSR count). The molecule has 0 aromatic rings. The summed E-state index contributed by atoms with van der Waals surface area (Å²) in [6.45, 7) is 0.318. The average molecular weight is 219 g/mol. The molecule has 0 radical (unpaired) electrons. The van der Waals surface area contributed by atoms with Gasteiger partial charge < -0.3 is 15.5 Å². The summed E-state index contributed by atoms with van der Waals surface area (Å²) in [6, 6.07) is -0.576. The molecule has 0 unspecified atom stereocenters. The maximum absolute atomic E-state index is 11.2. The van der Waals surface area contributed by atoms with Crippen LogP contribution >= 0.6 is 0 Å². The van der Waals surface area contributed by atoms with Gasteiger partial charge in [0.15, 0.2) is 0 Å². The molecule has 0 aliphatic carbocycles. The Morgan fingerprint density at radius 3 is 2.13 bits per heavy atom. The van der Waals surface area contributed by atoms with Crippen molar-refractivity contribution in [2.45, 2.75) is 0 Å². The van der Waals surface area contributed by atoms with E-state index in [1.54, 1.807) is 0 Å². The van der Waals surface area contributed by atoms with Gasteiger partial charge in [-0.1, -0.05) is 0 Å². The molecule has 0 fully saturated rings. The number of hydrogen-bond donors (Lipinski definition) is 4. The van der Waals surface area contributed by atoms with Crippen LogP contribution in [0.15, 0.2) is 0 Å². The highest BCUT2D eigenvalue weighted by Crippen LogP contribution is 1.86. The lowest BCUT2D eigenvalue weighted by molar-refractivity contribution is -0.121. The molecule has 0 saturated carbocycles. The fourth-order valence-corrected chi connectivity index (χ4v) is 0.985. The number of aliphatic hydroxyl groups excluding tert-OH is 2. The Morgan fingerprint density at radius 1 is 1.20 bits per heavy atom. The SMILES string of the molecule is CNC(=O)NC(=O)CN(CCO)CCO. The van der Waals surface area contributed by atoms with Gasteiger partial charge in [-0.2, -0.15) is 0 Å². The Bertz CT molecular complexity index is 204. The van der Waals surface area contributed by atoms with Gasteiger partial charge in [-0.05, 0) is 0 Å². The van der Waals surface area contributed by atoms with Gasteiger partial charge in [0.1, 0.15) is 0 Å². The summed E-state index contributed by atoms with van der Waals surface area (Å²) in [5, 5.41) is 21.7. The van der Waals surface area contributed by atoms with E-state index in [1.165, 1.54) is 11.9 Å². The molecule has 4 N–H and O–H groups in total. The zero-order valence-corrected chi connectivity index (χ0v) is 8.69. The number of amides is 3. The van der Waals surface area contributed by atoms with Crippen molar-refractivity contribution in [2.24, 2.45) is 0 Å². The Balaban J connectivity index is 3.93. The third-order valence-corrected chi connectivity index (χ3v) is 1.68. The first kappa shape index (κ1) is 13.8. The number of carbonyl (C=O) groups is 2. The lowest BCUT2D eigenvalue weighted by Gasteiger charge is -2.18. The highest BCUT2D eigenvalue weighted by molar-refractivity contribution is 5.95. The van der Waals surface area contributed by atoms with Crippen molar-refractivity contribution in [3.63, 3.8) is 0 Å². The van der Waals surface area contributed by atoms with Crippen LogP contribution in [0.3, 0.4) is 0 Å². The lowest BCUT2D eigenvalue weighted by Crippen LogP contribution is -2.44. The number of imide groups is 1. The first-order chi connectivity index (χ1) is 7.13. The Morgan fingerprint density at radius 2 is 1.73 bits per heavy atom. The summed E-state index contributed by atoms with van der Waals surface area (Å²) >= 11 is 0. The van der Waals surface area contributed by atoms with Gasteiger partial charge in [0.2, 0.25) is 5.91 Å². The number of aliphatic hydroxyl groups is 2. The molecular weight excluding hydrogens is 202 g/mol. The van der Waals surface area contributed by atoms with Gasteiger partial charge in [-0.15, -0.1) is 0 Å². The van der Waals surface area contributed by atoms with Gasteiger partial charge in [-0.3, -0.25) is 15.0 Å². The highest BCUT2D eigenvalue weighted by Gasteiger charge is 2.11. The molecule has 0 bridgehead atoms. The van der Waals surface area contributed by atoms with E-state index in [0.29, 0.717) is 0 Å². The topological polar surface area (TPSA) is 102 Å². The van der Waals surface area contributed by atoms with Crippen molar-refractivity contribution in [2.75, 3.05) is 39.9 Å². The first-order valence-electron chi connectivity index (χ1n) is 4.59. The van der Waals surface area contributed by atoms with E-state index in [4.69, 9.17) is 10.2 Å². The molecule has 0 aromatic carbocycles. The minimum absolute atomic E-state index is 0.0332. The Hall–Kier alpha value is -1.18. The van der Waals surface area contributed by atoms with E-state index in [9.17, 15) is 9.59 Å². The average Bonchev–Trinajstić information content (AvgIpc) is 2.18. The minimum Gasteiger partial charge on any atom is -0.395 e. The summed E-state index contributed by atoms with van der Waals surface area (Å²) in [4.78, 5) is 23.5. The van der Waals surface area contributed by atoms with Gasteiger partial charge in [0.25, 0.3) is 0 Å². The third-order valence-electron chi connectivity index (χ3n) is 1.68. The number of carbonyl (C=O) groups excluding carboxylic acids is 2. The molecule has 7 nitrogen and oxygen atoms in total. The zero-order valence-electron chi connectivity index (χ0n) is 8.69. The second-order valence-corrected chi connectivity index (χ2v) is 2.85. The van der Waals surface area contributed by atoms with Crippen LogP contribution < -0.4 is 10.6 Å². The second kappa shape index (κ2) is 8.16. The van der Waals surface area contributed by atoms with Crippen LogP contribution in [0.1, 0.15) is 0 Å². The fraction of sp³-hybridized carbons (Fsp3) is 0.750. The van der Waals surface area contributed by atoms with E-state index < -0.39 is 11.9 Å². The third kappa shape index (κ3) is 6.83. The first-order valence-corrected chi connectivity index (χ1v) is 4.59. The Labute approximate surface area is 88.1 Å². The van der Waals surface area contributed by atoms with Crippen LogP contribution in [0.4, 0.5) is 4.79 Å². The zero-order chi connectivity index (χ0) is 11.7. The summed E-state index contributed by atoms with van der Waals surface area (Å²) in [5.41, 5.74) is 0. The molecule has 7 heteroatoms. The van der Waals surface area contributed by atoms with Gasteiger partial charge in [0, 0.05) is 20.1 Å². The maximum Gasteiger partial charge on any atom is 0.321 e. The number of nitrogens with one attached hydrogen (secondary N) is 2. The molecule has 0 aromatic heterocycles. The second-order valence-electron chi connectivity index (χ2n) is 2.85. The minimum atomic E-state index is -0.576. The van der Waals surface area contributed by atoms with Crippen molar-refractivity contribution in [3.8, 4) is 0 Å². The largest absolute Gasteiger partial charge is 0.395 e. The van der Waals surface area contributed by atoms with E-state index in [2.05, 4.69) is 10.6 Å². The van der Waals surface area contributed by atoms with Crippen molar-refractivity contribution >= 4 is 11.9 Å². The summed E-state index contributed by atoms with van der Waals surface area (Å²) in [6.07, 6.45) is 0. The molecule has 88 valence electrons. The summed E-state index contributed by atoms with van der Waals surface area (Å²) in [7, 11) is 1.40. The normalized spacial score (nSPS) is 10.1.